The fourth-order valence-electron chi connectivity index (χ4n) is 2.28. The summed E-state index contributed by atoms with van der Waals surface area (Å²) in [7, 11) is -1.37. The minimum absolute atomic E-state index is 0.455. The van der Waals surface area contributed by atoms with Crippen molar-refractivity contribution in [1.29, 1.82) is 0 Å². The second-order valence-corrected chi connectivity index (χ2v) is 8.70. The molecule has 0 aliphatic rings. The summed E-state index contributed by atoms with van der Waals surface area (Å²) in [6, 6.07) is 3.56. The van der Waals surface area contributed by atoms with Crippen molar-refractivity contribution < 1.29 is 17.4 Å². The zero-order valence-corrected chi connectivity index (χ0v) is 15.5. The summed E-state index contributed by atoms with van der Waals surface area (Å²) in [6.45, 7) is 9.06. The van der Waals surface area contributed by atoms with Gasteiger partial charge in [-0.05, 0) is 63.4 Å². The highest BCUT2D eigenvalue weighted by Gasteiger charge is 2.32. The van der Waals surface area contributed by atoms with Crippen LogP contribution in [0.4, 0.5) is 13.2 Å². The molecule has 1 atom stereocenters. The molecule has 1 aromatic carbocycles. The van der Waals surface area contributed by atoms with Crippen molar-refractivity contribution >= 4 is 17.2 Å². The Hall–Kier alpha value is -1.96. The van der Waals surface area contributed by atoms with E-state index in [-0.39, 0.29) is 0 Å². The summed E-state index contributed by atoms with van der Waals surface area (Å²) >= 11 is 0. The largest absolute Gasteiger partial charge is 0.419 e. The average Bonchev–Trinajstić information content (AvgIpc) is 2.92. The van der Waals surface area contributed by atoms with Crippen LogP contribution in [-0.2, 0) is 17.2 Å². The number of rotatable bonds is 3. The van der Waals surface area contributed by atoms with E-state index in [9.17, 15) is 17.4 Å². The van der Waals surface area contributed by atoms with Crippen LogP contribution in [0.5, 0.6) is 0 Å². The van der Waals surface area contributed by atoms with Crippen LogP contribution >= 0.6 is 0 Å². The lowest BCUT2D eigenvalue weighted by Gasteiger charge is -2.13. The highest BCUT2D eigenvalue weighted by molar-refractivity contribution is 7.85. The molecule has 1 heterocycles. The summed E-state index contributed by atoms with van der Waals surface area (Å²) < 4.78 is 55.1. The first kappa shape index (κ1) is 19.4. The molecule has 0 radical (unpaired) electrons. The predicted octanol–water partition coefficient (Wildman–Crippen LogP) is 4.39. The van der Waals surface area contributed by atoms with Crippen LogP contribution in [0, 0.1) is 13.8 Å². The van der Waals surface area contributed by atoms with Gasteiger partial charge in [-0.15, -0.1) is 0 Å². The molecule has 0 bridgehead atoms. The number of aromatic nitrogens is 2. The Balaban J connectivity index is 2.37. The van der Waals surface area contributed by atoms with Gasteiger partial charge < -0.3 is 0 Å². The van der Waals surface area contributed by atoms with Crippen LogP contribution < -0.4 is 0 Å². The van der Waals surface area contributed by atoms with Crippen LogP contribution in [0.15, 0.2) is 28.9 Å². The lowest BCUT2D eigenvalue weighted by Crippen LogP contribution is -2.19. The van der Waals surface area contributed by atoms with Gasteiger partial charge in [0.2, 0.25) is 0 Å². The van der Waals surface area contributed by atoms with Crippen LogP contribution in [-0.4, -0.2) is 25.0 Å². The molecule has 2 aromatic rings. The molecule has 0 saturated heterocycles. The molecule has 1 aromatic heterocycles. The second kappa shape index (κ2) is 6.74. The smallest absolute Gasteiger partial charge is 0.240 e. The van der Waals surface area contributed by atoms with Crippen LogP contribution in [0.25, 0.3) is 5.69 Å². The van der Waals surface area contributed by atoms with E-state index in [1.807, 2.05) is 20.8 Å². The van der Waals surface area contributed by atoms with E-state index in [4.69, 9.17) is 0 Å². The van der Waals surface area contributed by atoms with Crippen molar-refractivity contribution in [2.75, 3.05) is 0 Å². The fourth-order valence-corrected chi connectivity index (χ4v) is 2.82. The molecule has 25 heavy (non-hydrogen) atoms. The van der Waals surface area contributed by atoms with Gasteiger partial charge in [-0.1, -0.05) is 0 Å². The van der Waals surface area contributed by atoms with Crippen molar-refractivity contribution in [1.82, 2.24) is 9.78 Å². The first-order valence-electron chi connectivity index (χ1n) is 7.59. The molecule has 0 saturated carbocycles. The molecule has 2 rings (SSSR count). The maximum atomic E-state index is 12.8. The molecular formula is C17H20F3N3OS. The van der Waals surface area contributed by atoms with Gasteiger partial charge in [0.05, 0.1) is 22.2 Å². The first-order valence-corrected chi connectivity index (χ1v) is 8.70. The van der Waals surface area contributed by atoms with Gasteiger partial charge in [-0.2, -0.15) is 22.7 Å². The molecule has 8 heteroatoms. The second-order valence-electron chi connectivity index (χ2n) is 6.77. The van der Waals surface area contributed by atoms with Gasteiger partial charge in [-0.25, -0.2) is 8.89 Å². The van der Waals surface area contributed by atoms with Gasteiger partial charge in [-0.3, -0.25) is 0 Å². The van der Waals surface area contributed by atoms with Gasteiger partial charge in [0.1, 0.15) is 11.0 Å². The van der Waals surface area contributed by atoms with Gasteiger partial charge in [0, 0.05) is 12.4 Å². The lowest BCUT2D eigenvalue weighted by atomic mass is 10.0. The highest BCUT2D eigenvalue weighted by atomic mass is 32.2. The van der Waals surface area contributed by atoms with Gasteiger partial charge in [0.15, 0.2) is 0 Å². The third-order valence-corrected chi connectivity index (χ3v) is 4.82. The van der Waals surface area contributed by atoms with E-state index in [0.29, 0.717) is 5.69 Å². The van der Waals surface area contributed by atoms with E-state index in [0.717, 1.165) is 29.1 Å². The zero-order valence-electron chi connectivity index (χ0n) is 14.7. The molecule has 136 valence electrons. The zero-order chi connectivity index (χ0) is 19.0. The van der Waals surface area contributed by atoms with E-state index in [2.05, 4.69) is 9.50 Å². The standard InChI is InChI=1S/C17H20F3N3OS/c1-11-6-13(8-22-25(24)16(3,4)5)7-12(2)15(11)23-10-14(9-21-23)17(18,19)20/h6-10H,1-5H3. The maximum absolute atomic E-state index is 12.8. The van der Waals surface area contributed by atoms with E-state index in [1.54, 1.807) is 26.0 Å². The molecule has 0 spiro atoms. The van der Waals surface area contributed by atoms with E-state index < -0.39 is 27.5 Å². The maximum Gasteiger partial charge on any atom is 0.419 e. The number of alkyl halides is 3. The van der Waals surface area contributed by atoms with Crippen molar-refractivity contribution in [2.45, 2.75) is 45.5 Å². The Labute approximate surface area is 147 Å². The number of benzene rings is 1. The van der Waals surface area contributed by atoms with E-state index in [1.165, 1.54) is 10.9 Å². The van der Waals surface area contributed by atoms with Crippen molar-refractivity contribution in [3.8, 4) is 5.69 Å². The molecule has 0 amide bonds. The van der Waals surface area contributed by atoms with Gasteiger partial charge >= 0.3 is 6.18 Å². The Morgan fingerprint density at radius 2 is 1.72 bits per heavy atom. The summed E-state index contributed by atoms with van der Waals surface area (Å²) in [4.78, 5) is 0. The Kier molecular flexibility index (Phi) is 5.22. The molecule has 0 aliphatic carbocycles. The third-order valence-electron chi connectivity index (χ3n) is 3.47. The average molecular weight is 371 g/mol. The summed E-state index contributed by atoms with van der Waals surface area (Å²) in [6.07, 6.45) is -1.13. The number of aryl methyl sites for hydroxylation is 2. The van der Waals surface area contributed by atoms with Crippen molar-refractivity contribution in [3.05, 3.63) is 46.8 Å². The molecular weight excluding hydrogens is 351 g/mol. The Morgan fingerprint density at radius 1 is 1.16 bits per heavy atom. The van der Waals surface area contributed by atoms with Crippen LogP contribution in [0.3, 0.4) is 0 Å². The Morgan fingerprint density at radius 3 is 2.16 bits per heavy atom. The summed E-state index contributed by atoms with van der Waals surface area (Å²) in [5.74, 6) is 0. The highest BCUT2D eigenvalue weighted by Crippen LogP contribution is 2.30. The summed E-state index contributed by atoms with van der Waals surface area (Å²) in [5, 5.41) is 3.83. The SMILES string of the molecule is Cc1cc(C=NS(=O)C(C)(C)C)cc(C)c1-n1cc(C(F)(F)F)cn1. The lowest BCUT2D eigenvalue weighted by molar-refractivity contribution is -0.137. The Bertz CT molecular complexity index is 809. The molecule has 4 nitrogen and oxygen atoms in total. The van der Waals surface area contributed by atoms with Crippen molar-refractivity contribution in [2.24, 2.45) is 4.40 Å². The fraction of sp³-hybridized carbons (Fsp3) is 0.412. The first-order chi connectivity index (χ1) is 11.4. The minimum atomic E-state index is -4.43. The number of halogens is 3. The number of nitrogens with zero attached hydrogens (tertiary/aromatic N) is 3. The monoisotopic (exact) mass is 371 g/mol. The quantitative estimate of drug-likeness (QED) is 0.752. The number of hydrogen-bond acceptors (Lipinski definition) is 2. The topological polar surface area (TPSA) is 47.2 Å². The minimum Gasteiger partial charge on any atom is -0.240 e. The molecule has 0 aliphatic heterocycles. The van der Waals surface area contributed by atoms with Crippen molar-refractivity contribution in [3.63, 3.8) is 0 Å². The summed E-state index contributed by atoms with van der Waals surface area (Å²) in [5.41, 5.74) is 2.03. The third kappa shape index (κ3) is 4.56. The van der Waals surface area contributed by atoms with Gasteiger partial charge in [0.25, 0.3) is 0 Å². The molecule has 1 unspecified atom stereocenters. The van der Waals surface area contributed by atoms with Crippen LogP contribution in [0.2, 0.25) is 0 Å². The molecule has 0 fully saturated rings. The number of hydrogen-bond donors (Lipinski definition) is 0. The molecule has 0 N–H and O–H groups in total. The van der Waals surface area contributed by atoms with E-state index >= 15 is 0 Å². The normalized spacial score (nSPS) is 14.2. The van der Waals surface area contributed by atoms with Crippen LogP contribution in [0.1, 0.15) is 43.0 Å². The predicted molar refractivity (Wildman–Crippen MR) is 93.5 cm³/mol.